The van der Waals surface area contributed by atoms with E-state index in [0.717, 1.165) is 12.3 Å². The number of carbonyl (C=O) groups is 1. The van der Waals surface area contributed by atoms with Gasteiger partial charge >= 0.3 is 0 Å². The fourth-order valence-corrected chi connectivity index (χ4v) is 3.40. The van der Waals surface area contributed by atoms with Crippen LogP contribution in [0.15, 0.2) is 65.4 Å². The second kappa shape index (κ2) is 7.75. The van der Waals surface area contributed by atoms with Gasteiger partial charge in [-0.1, -0.05) is 17.7 Å². The standard InChI is InChI=1S/C20H13ClF3N5O/c1-10-16(20(30)29-5-4-25-9-29)17(13-3-2-11(22)6-14(13)21)28-19(27-10)18-15(24)7-12(23)8-26-18/h2-9,17H,1H3,(H,27,28). The zero-order valence-corrected chi connectivity index (χ0v) is 16.2. The molecule has 4 rings (SSSR count). The van der Waals surface area contributed by atoms with E-state index in [4.69, 9.17) is 11.6 Å². The lowest BCUT2D eigenvalue weighted by atomic mass is 9.94. The number of rotatable bonds is 3. The van der Waals surface area contributed by atoms with Gasteiger partial charge in [0.1, 0.15) is 29.7 Å². The second-order valence-electron chi connectivity index (χ2n) is 6.47. The Hall–Kier alpha value is -3.46. The Balaban J connectivity index is 1.87. The van der Waals surface area contributed by atoms with E-state index in [1.54, 1.807) is 6.92 Å². The molecule has 0 spiro atoms. The fraction of sp³-hybridized carbons (Fsp3) is 0.100. The number of benzene rings is 1. The summed E-state index contributed by atoms with van der Waals surface area (Å²) in [6.45, 7) is 1.60. The number of amidine groups is 1. The van der Waals surface area contributed by atoms with Gasteiger partial charge in [-0.25, -0.2) is 23.1 Å². The van der Waals surface area contributed by atoms with Crippen molar-refractivity contribution in [1.29, 1.82) is 0 Å². The lowest BCUT2D eigenvalue weighted by molar-refractivity contribution is 0.0946. The van der Waals surface area contributed by atoms with E-state index in [1.807, 2.05) is 0 Å². The Labute approximate surface area is 173 Å². The highest BCUT2D eigenvalue weighted by Gasteiger charge is 2.32. The zero-order chi connectivity index (χ0) is 21.4. The molecule has 0 aliphatic carbocycles. The third-order valence-corrected chi connectivity index (χ3v) is 4.83. The Morgan fingerprint density at radius 1 is 1.20 bits per heavy atom. The molecular weight excluding hydrogens is 419 g/mol. The zero-order valence-electron chi connectivity index (χ0n) is 15.4. The first-order valence-electron chi connectivity index (χ1n) is 8.69. The highest BCUT2D eigenvalue weighted by Crippen LogP contribution is 2.36. The third kappa shape index (κ3) is 3.59. The van der Waals surface area contributed by atoms with Crippen LogP contribution in [0.2, 0.25) is 5.02 Å². The molecule has 2 aromatic heterocycles. The summed E-state index contributed by atoms with van der Waals surface area (Å²) in [4.78, 5) is 25.1. The van der Waals surface area contributed by atoms with Crippen LogP contribution in [-0.2, 0) is 0 Å². The van der Waals surface area contributed by atoms with E-state index in [2.05, 4.69) is 20.3 Å². The molecule has 1 unspecified atom stereocenters. The maximum Gasteiger partial charge on any atom is 0.263 e. The molecule has 30 heavy (non-hydrogen) atoms. The van der Waals surface area contributed by atoms with E-state index in [0.29, 0.717) is 17.3 Å². The minimum Gasteiger partial charge on any atom is -0.342 e. The summed E-state index contributed by atoms with van der Waals surface area (Å²) in [5.74, 6) is -2.79. The van der Waals surface area contributed by atoms with Gasteiger partial charge in [0, 0.05) is 34.7 Å². The summed E-state index contributed by atoms with van der Waals surface area (Å²) in [5.41, 5.74) is 0.665. The van der Waals surface area contributed by atoms with Crippen molar-refractivity contribution in [3.8, 4) is 0 Å². The average Bonchev–Trinajstić information content (AvgIpc) is 3.22. The quantitative estimate of drug-likeness (QED) is 0.679. The molecule has 1 atom stereocenters. The number of aliphatic imine (C=N–C) groups is 1. The SMILES string of the molecule is CC1=C(C(=O)n2ccnc2)C(c2ccc(F)cc2Cl)N=C(c2ncc(F)cc2F)N1. The number of aromatic nitrogens is 3. The van der Waals surface area contributed by atoms with Crippen LogP contribution < -0.4 is 5.32 Å². The van der Waals surface area contributed by atoms with Gasteiger partial charge in [-0.3, -0.25) is 14.4 Å². The van der Waals surface area contributed by atoms with E-state index >= 15 is 0 Å². The molecule has 0 saturated carbocycles. The maximum absolute atomic E-state index is 14.3. The molecule has 0 saturated heterocycles. The molecule has 6 nitrogen and oxygen atoms in total. The number of hydrogen-bond donors (Lipinski definition) is 1. The number of halogens is 4. The molecular formula is C20H13ClF3N5O. The minimum absolute atomic E-state index is 0.0161. The molecule has 0 radical (unpaired) electrons. The van der Waals surface area contributed by atoms with Gasteiger partial charge in [-0.2, -0.15) is 0 Å². The predicted molar refractivity (Wildman–Crippen MR) is 104 cm³/mol. The predicted octanol–water partition coefficient (Wildman–Crippen LogP) is 4.05. The molecule has 3 aromatic rings. The van der Waals surface area contributed by atoms with Gasteiger partial charge < -0.3 is 5.32 Å². The van der Waals surface area contributed by atoms with Crippen LogP contribution >= 0.6 is 11.6 Å². The Bertz CT molecular complexity index is 1210. The van der Waals surface area contributed by atoms with Gasteiger partial charge in [0.15, 0.2) is 11.7 Å². The summed E-state index contributed by atoms with van der Waals surface area (Å²) in [7, 11) is 0. The lowest BCUT2D eigenvalue weighted by Crippen LogP contribution is -2.34. The lowest BCUT2D eigenvalue weighted by Gasteiger charge is -2.27. The van der Waals surface area contributed by atoms with Crippen molar-refractivity contribution >= 4 is 23.3 Å². The summed E-state index contributed by atoms with van der Waals surface area (Å²) in [5, 5.41) is 2.89. The van der Waals surface area contributed by atoms with Crippen molar-refractivity contribution in [1.82, 2.24) is 19.9 Å². The van der Waals surface area contributed by atoms with Gasteiger partial charge in [0.05, 0.1) is 11.8 Å². The number of carbonyl (C=O) groups excluding carboxylic acids is 1. The number of hydrogen-bond acceptors (Lipinski definition) is 5. The highest BCUT2D eigenvalue weighted by atomic mass is 35.5. The Morgan fingerprint density at radius 3 is 2.67 bits per heavy atom. The summed E-state index contributed by atoms with van der Waals surface area (Å²) in [6.07, 6.45) is 5.09. The third-order valence-electron chi connectivity index (χ3n) is 4.50. The number of nitrogens with one attached hydrogen (secondary N) is 1. The molecule has 0 bridgehead atoms. The largest absolute Gasteiger partial charge is 0.342 e. The summed E-state index contributed by atoms with van der Waals surface area (Å²) >= 11 is 6.23. The van der Waals surface area contributed by atoms with Crippen molar-refractivity contribution in [3.63, 3.8) is 0 Å². The fourth-order valence-electron chi connectivity index (χ4n) is 3.13. The number of nitrogens with zero attached hydrogens (tertiary/aromatic N) is 4. The van der Waals surface area contributed by atoms with E-state index in [-0.39, 0.29) is 22.1 Å². The van der Waals surface area contributed by atoms with Crippen LogP contribution in [0.1, 0.15) is 29.0 Å². The van der Waals surface area contributed by atoms with Crippen LogP contribution in [-0.4, -0.2) is 26.3 Å². The Morgan fingerprint density at radius 2 is 2.00 bits per heavy atom. The van der Waals surface area contributed by atoms with Crippen LogP contribution in [0.25, 0.3) is 0 Å². The highest BCUT2D eigenvalue weighted by molar-refractivity contribution is 6.31. The first-order valence-corrected chi connectivity index (χ1v) is 9.07. The van der Waals surface area contributed by atoms with Crippen molar-refractivity contribution in [2.24, 2.45) is 4.99 Å². The molecule has 0 amide bonds. The topological polar surface area (TPSA) is 72.2 Å². The minimum atomic E-state index is -0.990. The van der Waals surface area contributed by atoms with Gasteiger partial charge in [0.2, 0.25) is 0 Å². The van der Waals surface area contributed by atoms with E-state index in [1.165, 1.54) is 35.4 Å². The van der Waals surface area contributed by atoms with E-state index < -0.39 is 29.4 Å². The maximum atomic E-state index is 14.3. The van der Waals surface area contributed by atoms with Crippen LogP contribution in [0.4, 0.5) is 13.2 Å². The summed E-state index contributed by atoms with van der Waals surface area (Å²) < 4.78 is 42.4. The normalized spacial score (nSPS) is 16.3. The molecule has 3 heterocycles. The molecule has 1 aliphatic heterocycles. The van der Waals surface area contributed by atoms with Gasteiger partial charge in [0.25, 0.3) is 5.91 Å². The number of pyridine rings is 1. The van der Waals surface area contributed by atoms with Crippen molar-refractivity contribution < 1.29 is 18.0 Å². The Kier molecular flexibility index (Phi) is 5.13. The number of imidazole rings is 1. The van der Waals surface area contributed by atoms with Crippen LogP contribution in [0.3, 0.4) is 0 Å². The molecule has 0 fully saturated rings. The van der Waals surface area contributed by atoms with Crippen molar-refractivity contribution in [2.45, 2.75) is 13.0 Å². The summed E-state index contributed by atoms with van der Waals surface area (Å²) in [6, 6.07) is 3.37. The molecule has 1 aromatic carbocycles. The number of allylic oxidation sites excluding steroid dienone is 1. The van der Waals surface area contributed by atoms with Crippen molar-refractivity contribution in [3.05, 3.63) is 94.2 Å². The van der Waals surface area contributed by atoms with Gasteiger partial charge in [-0.15, -0.1) is 0 Å². The first-order chi connectivity index (χ1) is 14.3. The van der Waals surface area contributed by atoms with Crippen LogP contribution in [0.5, 0.6) is 0 Å². The second-order valence-corrected chi connectivity index (χ2v) is 6.88. The van der Waals surface area contributed by atoms with Gasteiger partial charge in [-0.05, 0) is 19.1 Å². The first kappa shape index (κ1) is 19.8. The van der Waals surface area contributed by atoms with E-state index in [9.17, 15) is 18.0 Å². The van der Waals surface area contributed by atoms with Crippen LogP contribution in [0, 0.1) is 17.5 Å². The molecule has 1 aliphatic rings. The average molecular weight is 432 g/mol. The molecule has 10 heteroatoms. The molecule has 1 N–H and O–H groups in total. The van der Waals surface area contributed by atoms with Crippen molar-refractivity contribution in [2.75, 3.05) is 0 Å². The monoisotopic (exact) mass is 431 g/mol. The molecule has 152 valence electrons. The smallest absolute Gasteiger partial charge is 0.263 e.